The van der Waals surface area contributed by atoms with E-state index in [1.54, 1.807) is 6.20 Å². The molecule has 0 amide bonds. The molecule has 0 aliphatic heterocycles. The number of nitrogens with zero attached hydrogens (tertiary/aromatic N) is 4. The fourth-order valence-corrected chi connectivity index (χ4v) is 3.59. The predicted octanol–water partition coefficient (Wildman–Crippen LogP) is 3.67. The van der Waals surface area contributed by atoms with E-state index in [4.69, 9.17) is 0 Å². The predicted molar refractivity (Wildman–Crippen MR) is 88.6 cm³/mol. The van der Waals surface area contributed by atoms with E-state index in [2.05, 4.69) is 30.0 Å². The number of carbonyl (C=O) groups excluding carboxylic acids is 1. The molecule has 6 heteroatoms. The topological polar surface area (TPSA) is 71.6 Å². The number of rotatable bonds is 6. The highest BCUT2D eigenvalue weighted by Crippen LogP contribution is 2.42. The van der Waals surface area contributed by atoms with Crippen LogP contribution in [0.2, 0.25) is 0 Å². The van der Waals surface area contributed by atoms with Crippen molar-refractivity contribution in [2.24, 2.45) is 5.92 Å². The van der Waals surface area contributed by atoms with Gasteiger partial charge in [-0.25, -0.2) is 4.98 Å². The molecule has 0 aromatic carbocycles. The van der Waals surface area contributed by atoms with Crippen molar-refractivity contribution in [3.05, 3.63) is 33.5 Å². The van der Waals surface area contributed by atoms with Gasteiger partial charge < -0.3 is 0 Å². The van der Waals surface area contributed by atoms with Gasteiger partial charge in [-0.2, -0.15) is 10.4 Å². The van der Waals surface area contributed by atoms with Gasteiger partial charge in [-0.15, -0.1) is 11.3 Å². The van der Waals surface area contributed by atoms with Crippen molar-refractivity contribution in [3.63, 3.8) is 0 Å². The van der Waals surface area contributed by atoms with Gasteiger partial charge in [0.15, 0.2) is 11.7 Å². The highest BCUT2D eigenvalue weighted by atomic mass is 32.1. The molecule has 5 nitrogen and oxygen atoms in total. The molecule has 0 bridgehead atoms. The fraction of sp³-hybridized carbons (Fsp3) is 0.529. The number of carbonyl (C=O) groups is 1. The minimum absolute atomic E-state index is 0.168. The highest BCUT2D eigenvalue weighted by Gasteiger charge is 2.35. The molecule has 23 heavy (non-hydrogen) atoms. The number of hydrogen-bond donors (Lipinski definition) is 0. The van der Waals surface area contributed by atoms with E-state index in [0.29, 0.717) is 22.4 Å². The molecule has 3 rings (SSSR count). The third-order valence-corrected chi connectivity index (χ3v) is 4.95. The van der Waals surface area contributed by atoms with Gasteiger partial charge in [0, 0.05) is 23.5 Å². The second-order valence-electron chi connectivity index (χ2n) is 6.55. The first kappa shape index (κ1) is 15.9. The smallest absolute Gasteiger partial charge is 0.190 e. The molecule has 0 radical (unpaired) electrons. The molecule has 1 atom stereocenters. The number of ketones is 1. The van der Waals surface area contributed by atoms with Gasteiger partial charge in [0.1, 0.15) is 5.01 Å². The summed E-state index contributed by atoms with van der Waals surface area (Å²) in [5, 5.41) is 16.4. The summed E-state index contributed by atoms with van der Waals surface area (Å²) in [6.45, 7) is 6.94. The number of nitriles is 1. The van der Waals surface area contributed by atoms with Crippen LogP contribution in [0.1, 0.15) is 65.3 Å². The Balaban J connectivity index is 1.95. The van der Waals surface area contributed by atoms with Crippen LogP contribution in [0.25, 0.3) is 0 Å². The fourth-order valence-electron chi connectivity index (χ4n) is 2.75. The Hall–Kier alpha value is -2.00. The second kappa shape index (κ2) is 6.25. The molecule has 120 valence electrons. The average molecular weight is 328 g/mol. The normalized spacial score (nSPS) is 15.6. The van der Waals surface area contributed by atoms with Crippen molar-refractivity contribution in [2.75, 3.05) is 0 Å². The average Bonchev–Trinajstić information content (AvgIpc) is 3.12. The zero-order valence-corrected chi connectivity index (χ0v) is 14.4. The minimum Gasteiger partial charge on any atom is -0.292 e. The van der Waals surface area contributed by atoms with Gasteiger partial charge in [-0.05, 0) is 25.7 Å². The summed E-state index contributed by atoms with van der Waals surface area (Å²) in [6.07, 6.45) is 3.83. The molecule has 1 unspecified atom stereocenters. The Morgan fingerprint density at radius 3 is 2.78 bits per heavy atom. The molecule has 0 N–H and O–H groups in total. The first-order valence-electron chi connectivity index (χ1n) is 7.92. The highest BCUT2D eigenvalue weighted by molar-refractivity contribution is 7.10. The van der Waals surface area contributed by atoms with Gasteiger partial charge >= 0.3 is 0 Å². The lowest BCUT2D eigenvalue weighted by molar-refractivity contribution is 0.0977. The lowest BCUT2D eigenvalue weighted by Gasteiger charge is -2.11. The van der Waals surface area contributed by atoms with Gasteiger partial charge in [-0.3, -0.25) is 9.48 Å². The van der Waals surface area contributed by atoms with Crippen LogP contribution in [0.3, 0.4) is 0 Å². The summed E-state index contributed by atoms with van der Waals surface area (Å²) < 4.78 is 1.96. The van der Waals surface area contributed by atoms with Crippen LogP contribution in [0, 0.1) is 24.2 Å². The van der Waals surface area contributed by atoms with Crippen LogP contribution in [-0.2, 0) is 6.54 Å². The number of hydrogen-bond acceptors (Lipinski definition) is 5. The molecule has 0 saturated heterocycles. The number of Topliss-reactive ketones (excluding diaryl/α,β-unsaturated/α-hetero) is 1. The maximum Gasteiger partial charge on any atom is 0.190 e. The quantitative estimate of drug-likeness (QED) is 0.758. The summed E-state index contributed by atoms with van der Waals surface area (Å²) in [7, 11) is 0. The third kappa shape index (κ3) is 3.20. The SMILES string of the molecule is Cc1csc(C(C#N)C(=O)c2cnn(CC(C)C)c2C2CC2)n1. The van der Waals surface area contributed by atoms with Crippen molar-refractivity contribution < 1.29 is 4.79 Å². The van der Waals surface area contributed by atoms with Crippen LogP contribution in [0.5, 0.6) is 0 Å². The Morgan fingerprint density at radius 2 is 2.26 bits per heavy atom. The number of aromatic nitrogens is 3. The maximum absolute atomic E-state index is 12.9. The molecule has 1 fully saturated rings. The summed E-state index contributed by atoms with van der Waals surface area (Å²) in [6, 6.07) is 2.13. The van der Waals surface area contributed by atoms with Crippen LogP contribution < -0.4 is 0 Å². The van der Waals surface area contributed by atoms with E-state index in [1.165, 1.54) is 11.3 Å². The lowest BCUT2D eigenvalue weighted by atomic mass is 9.98. The second-order valence-corrected chi connectivity index (χ2v) is 7.44. The Kier molecular flexibility index (Phi) is 4.31. The standard InChI is InChI=1S/C17H20N4OS/c1-10(2)8-21-15(12-4-5-12)14(7-19-21)16(22)13(6-18)17-20-11(3)9-23-17/h7,9-10,12-13H,4-5,8H2,1-3H3. The van der Waals surface area contributed by atoms with E-state index in [1.807, 2.05) is 17.0 Å². The number of aryl methyl sites for hydroxylation is 1. The lowest BCUT2D eigenvalue weighted by Crippen LogP contribution is -2.15. The Labute approximate surface area is 140 Å². The molecular formula is C17H20N4OS. The van der Waals surface area contributed by atoms with Crippen LogP contribution in [-0.4, -0.2) is 20.5 Å². The number of thiazole rings is 1. The molecule has 2 aromatic rings. The van der Waals surface area contributed by atoms with Crippen molar-refractivity contribution >= 4 is 17.1 Å². The van der Waals surface area contributed by atoms with E-state index in [9.17, 15) is 10.1 Å². The summed E-state index contributed by atoms with van der Waals surface area (Å²) in [5.41, 5.74) is 2.46. The maximum atomic E-state index is 12.9. The summed E-state index contributed by atoms with van der Waals surface area (Å²) >= 11 is 1.37. The molecule has 0 spiro atoms. The molecule has 2 aromatic heterocycles. The van der Waals surface area contributed by atoms with Gasteiger partial charge in [0.05, 0.1) is 23.5 Å². The molecule has 1 aliphatic rings. The van der Waals surface area contributed by atoms with Gasteiger partial charge in [-0.1, -0.05) is 13.8 Å². The van der Waals surface area contributed by atoms with E-state index < -0.39 is 5.92 Å². The first-order chi connectivity index (χ1) is 11.0. The molecule has 2 heterocycles. The molecular weight excluding hydrogens is 308 g/mol. The molecule has 1 saturated carbocycles. The Bertz CT molecular complexity index is 764. The van der Waals surface area contributed by atoms with Crippen molar-refractivity contribution in [1.82, 2.24) is 14.8 Å². The Morgan fingerprint density at radius 1 is 1.52 bits per heavy atom. The van der Waals surface area contributed by atoms with E-state index in [0.717, 1.165) is 30.8 Å². The first-order valence-corrected chi connectivity index (χ1v) is 8.80. The zero-order valence-electron chi connectivity index (χ0n) is 13.6. The van der Waals surface area contributed by atoms with Gasteiger partial charge in [0.2, 0.25) is 0 Å². The summed E-state index contributed by atoms with van der Waals surface area (Å²) in [4.78, 5) is 17.3. The van der Waals surface area contributed by atoms with Crippen molar-refractivity contribution in [1.29, 1.82) is 5.26 Å². The van der Waals surface area contributed by atoms with Crippen molar-refractivity contribution in [2.45, 2.75) is 52.0 Å². The van der Waals surface area contributed by atoms with Gasteiger partial charge in [0.25, 0.3) is 0 Å². The van der Waals surface area contributed by atoms with E-state index >= 15 is 0 Å². The monoisotopic (exact) mass is 328 g/mol. The van der Waals surface area contributed by atoms with Crippen LogP contribution in [0.15, 0.2) is 11.6 Å². The minimum atomic E-state index is -0.831. The zero-order chi connectivity index (χ0) is 16.6. The van der Waals surface area contributed by atoms with Crippen molar-refractivity contribution in [3.8, 4) is 6.07 Å². The van der Waals surface area contributed by atoms with Crippen LogP contribution in [0.4, 0.5) is 0 Å². The third-order valence-electron chi connectivity index (χ3n) is 3.92. The van der Waals surface area contributed by atoms with E-state index in [-0.39, 0.29) is 5.78 Å². The van der Waals surface area contributed by atoms with Crippen LogP contribution >= 0.6 is 11.3 Å². The molecule has 1 aliphatic carbocycles. The summed E-state index contributed by atoms with van der Waals surface area (Å²) in [5.74, 6) is -0.127. The largest absolute Gasteiger partial charge is 0.292 e.